The molecule has 0 rings (SSSR count). The summed E-state index contributed by atoms with van der Waals surface area (Å²) in [6, 6.07) is 0. The molecule has 0 radical (unpaired) electrons. The molecule has 1 heteroatoms. The average molecular weight is 256 g/mol. The molecule has 110 valence electrons. The second-order valence-corrected chi connectivity index (χ2v) is 5.84. The topological polar surface area (TPSA) is 20.2 Å². The molecule has 1 N–H and O–H groups in total. The minimum atomic E-state index is 0.368. The number of aliphatic hydroxyl groups is 1. The molecule has 0 aromatic heterocycles. The maximum absolute atomic E-state index is 8.96. The van der Waals surface area contributed by atoms with Crippen LogP contribution in [0.15, 0.2) is 0 Å². The van der Waals surface area contributed by atoms with Crippen LogP contribution in [-0.4, -0.2) is 11.7 Å². The molecular weight excluding hydrogens is 220 g/mol. The Labute approximate surface area is 115 Å². The molecular formula is C17H36O. The zero-order valence-electron chi connectivity index (χ0n) is 13.1. The quantitative estimate of drug-likeness (QED) is 0.428. The van der Waals surface area contributed by atoms with E-state index in [1.54, 1.807) is 0 Å². The van der Waals surface area contributed by atoms with E-state index in [-0.39, 0.29) is 0 Å². The summed E-state index contributed by atoms with van der Waals surface area (Å²) >= 11 is 0. The van der Waals surface area contributed by atoms with E-state index < -0.39 is 0 Å². The molecule has 1 nitrogen and oxygen atoms in total. The summed E-state index contributed by atoms with van der Waals surface area (Å²) < 4.78 is 0. The second-order valence-electron chi connectivity index (χ2n) is 5.84. The first-order valence-electron chi connectivity index (χ1n) is 8.39. The predicted molar refractivity (Wildman–Crippen MR) is 81.9 cm³/mol. The van der Waals surface area contributed by atoms with E-state index in [2.05, 4.69) is 20.8 Å². The zero-order valence-corrected chi connectivity index (χ0v) is 13.1. The van der Waals surface area contributed by atoms with Crippen molar-refractivity contribution in [3.63, 3.8) is 0 Å². The van der Waals surface area contributed by atoms with Crippen molar-refractivity contribution in [3.05, 3.63) is 0 Å². The Hall–Kier alpha value is -0.0400. The lowest BCUT2D eigenvalue weighted by atomic mass is 9.91. The number of hydrogen-bond acceptors (Lipinski definition) is 1. The Morgan fingerprint density at radius 2 is 1.17 bits per heavy atom. The van der Waals surface area contributed by atoms with Crippen molar-refractivity contribution < 1.29 is 5.11 Å². The highest BCUT2D eigenvalue weighted by Gasteiger charge is 2.07. The normalized spacial score (nSPS) is 14.7. The molecule has 0 bridgehead atoms. The molecule has 0 aliphatic heterocycles. The maximum atomic E-state index is 8.96. The summed E-state index contributed by atoms with van der Waals surface area (Å²) in [6.07, 6.45) is 14.7. The Morgan fingerprint density at radius 1 is 0.667 bits per heavy atom. The SMILES string of the molecule is CCCCC(CC)CCCCCC(CC)CCO. The molecule has 0 aromatic carbocycles. The van der Waals surface area contributed by atoms with E-state index in [4.69, 9.17) is 5.11 Å². The summed E-state index contributed by atoms with van der Waals surface area (Å²) in [5.41, 5.74) is 0. The van der Waals surface area contributed by atoms with E-state index in [0.717, 1.165) is 18.3 Å². The van der Waals surface area contributed by atoms with Crippen molar-refractivity contribution in [2.45, 2.75) is 91.4 Å². The number of unbranched alkanes of at least 4 members (excludes halogenated alkanes) is 3. The molecule has 2 atom stereocenters. The van der Waals surface area contributed by atoms with Crippen LogP contribution in [0.1, 0.15) is 91.4 Å². The van der Waals surface area contributed by atoms with Crippen LogP contribution in [0.3, 0.4) is 0 Å². The third-order valence-electron chi connectivity index (χ3n) is 4.38. The predicted octanol–water partition coefficient (Wildman–Crippen LogP) is 5.56. The fourth-order valence-electron chi connectivity index (χ4n) is 2.82. The van der Waals surface area contributed by atoms with Crippen LogP contribution in [0, 0.1) is 11.8 Å². The molecule has 0 spiro atoms. The van der Waals surface area contributed by atoms with Crippen LogP contribution in [0.5, 0.6) is 0 Å². The van der Waals surface area contributed by atoms with Gasteiger partial charge in [-0.2, -0.15) is 0 Å². The summed E-state index contributed by atoms with van der Waals surface area (Å²) in [4.78, 5) is 0. The van der Waals surface area contributed by atoms with E-state index in [0.29, 0.717) is 6.61 Å². The first kappa shape index (κ1) is 18.0. The molecule has 0 aliphatic rings. The van der Waals surface area contributed by atoms with Crippen molar-refractivity contribution in [2.24, 2.45) is 11.8 Å². The van der Waals surface area contributed by atoms with Crippen molar-refractivity contribution in [3.8, 4) is 0 Å². The Kier molecular flexibility index (Phi) is 13.4. The Balaban J connectivity index is 3.46. The first-order chi connectivity index (χ1) is 8.78. The van der Waals surface area contributed by atoms with Crippen LogP contribution in [0.25, 0.3) is 0 Å². The standard InChI is InChI=1S/C17H36O/c1-4-7-11-16(5-2)12-9-8-10-13-17(6-3)14-15-18/h16-18H,4-15H2,1-3H3. The molecule has 2 unspecified atom stereocenters. The lowest BCUT2D eigenvalue weighted by Crippen LogP contribution is -2.02. The molecule has 0 fully saturated rings. The van der Waals surface area contributed by atoms with Crippen molar-refractivity contribution in [2.75, 3.05) is 6.61 Å². The highest BCUT2D eigenvalue weighted by Crippen LogP contribution is 2.22. The molecule has 18 heavy (non-hydrogen) atoms. The highest BCUT2D eigenvalue weighted by atomic mass is 16.3. The van der Waals surface area contributed by atoms with Gasteiger partial charge in [0.15, 0.2) is 0 Å². The van der Waals surface area contributed by atoms with Crippen LogP contribution in [0.2, 0.25) is 0 Å². The van der Waals surface area contributed by atoms with Gasteiger partial charge in [-0.25, -0.2) is 0 Å². The molecule has 0 aromatic rings. The summed E-state index contributed by atoms with van der Waals surface area (Å²) in [5, 5.41) is 8.96. The summed E-state index contributed by atoms with van der Waals surface area (Å²) in [5.74, 6) is 1.74. The molecule has 0 heterocycles. The molecule has 0 saturated heterocycles. The minimum absolute atomic E-state index is 0.368. The lowest BCUT2D eigenvalue weighted by Gasteiger charge is -2.15. The van der Waals surface area contributed by atoms with Gasteiger partial charge < -0.3 is 5.11 Å². The maximum Gasteiger partial charge on any atom is 0.0433 e. The summed E-state index contributed by atoms with van der Waals surface area (Å²) in [7, 11) is 0. The van der Waals surface area contributed by atoms with Crippen molar-refractivity contribution in [1.29, 1.82) is 0 Å². The van der Waals surface area contributed by atoms with Crippen molar-refractivity contribution >= 4 is 0 Å². The van der Waals surface area contributed by atoms with Gasteiger partial charge in [0.2, 0.25) is 0 Å². The van der Waals surface area contributed by atoms with Gasteiger partial charge in [-0.05, 0) is 18.3 Å². The van der Waals surface area contributed by atoms with Gasteiger partial charge in [0.05, 0.1) is 0 Å². The van der Waals surface area contributed by atoms with Gasteiger partial charge >= 0.3 is 0 Å². The number of aliphatic hydroxyl groups excluding tert-OH is 1. The Bertz CT molecular complexity index is 156. The highest BCUT2D eigenvalue weighted by molar-refractivity contribution is 4.60. The first-order valence-corrected chi connectivity index (χ1v) is 8.39. The van der Waals surface area contributed by atoms with Gasteiger partial charge in [0.1, 0.15) is 0 Å². The van der Waals surface area contributed by atoms with E-state index in [1.165, 1.54) is 64.2 Å². The monoisotopic (exact) mass is 256 g/mol. The van der Waals surface area contributed by atoms with Gasteiger partial charge in [0, 0.05) is 6.61 Å². The third kappa shape index (κ3) is 9.94. The molecule has 0 amide bonds. The summed E-state index contributed by atoms with van der Waals surface area (Å²) in [6.45, 7) is 7.25. The fraction of sp³-hybridized carbons (Fsp3) is 1.00. The Morgan fingerprint density at radius 3 is 1.61 bits per heavy atom. The van der Waals surface area contributed by atoms with Gasteiger partial charge in [-0.3, -0.25) is 0 Å². The van der Waals surface area contributed by atoms with E-state index in [9.17, 15) is 0 Å². The molecule has 0 saturated carbocycles. The second kappa shape index (κ2) is 13.4. The molecule has 0 aliphatic carbocycles. The smallest absolute Gasteiger partial charge is 0.0433 e. The zero-order chi connectivity index (χ0) is 13.6. The van der Waals surface area contributed by atoms with Crippen LogP contribution < -0.4 is 0 Å². The van der Waals surface area contributed by atoms with Crippen LogP contribution in [0.4, 0.5) is 0 Å². The number of hydrogen-bond donors (Lipinski definition) is 1. The van der Waals surface area contributed by atoms with Gasteiger partial charge in [0.25, 0.3) is 0 Å². The van der Waals surface area contributed by atoms with E-state index in [1.807, 2.05) is 0 Å². The third-order valence-corrected chi connectivity index (χ3v) is 4.38. The fourth-order valence-corrected chi connectivity index (χ4v) is 2.82. The van der Waals surface area contributed by atoms with Crippen molar-refractivity contribution in [1.82, 2.24) is 0 Å². The average Bonchev–Trinajstić information content (AvgIpc) is 2.40. The minimum Gasteiger partial charge on any atom is -0.396 e. The number of rotatable bonds is 13. The van der Waals surface area contributed by atoms with Gasteiger partial charge in [-0.1, -0.05) is 85.0 Å². The lowest BCUT2D eigenvalue weighted by molar-refractivity contribution is 0.246. The van der Waals surface area contributed by atoms with Crippen LogP contribution >= 0.6 is 0 Å². The van der Waals surface area contributed by atoms with Crippen LogP contribution in [-0.2, 0) is 0 Å². The van der Waals surface area contributed by atoms with Gasteiger partial charge in [-0.15, -0.1) is 0 Å². The van der Waals surface area contributed by atoms with E-state index >= 15 is 0 Å². The largest absolute Gasteiger partial charge is 0.396 e.